The van der Waals surface area contributed by atoms with E-state index in [1.165, 1.54) is 12.2 Å². The molecule has 0 aliphatic carbocycles. The van der Waals surface area contributed by atoms with Crippen LogP contribution < -0.4 is 5.32 Å². The molecule has 0 fully saturated rings. The molecule has 0 bridgehead atoms. The highest BCUT2D eigenvalue weighted by Crippen LogP contribution is 2.37. The number of hydrogen-bond acceptors (Lipinski definition) is 3. The third kappa shape index (κ3) is 3.39. The molecule has 1 aromatic rings. The Bertz CT molecular complexity index is 370. The van der Waals surface area contributed by atoms with Gasteiger partial charge in [0, 0.05) is 10.9 Å². The summed E-state index contributed by atoms with van der Waals surface area (Å²) >= 11 is 3.52. The van der Waals surface area contributed by atoms with Crippen LogP contribution in [0.4, 0.5) is 4.39 Å². The monoisotopic (exact) mass is 271 g/mol. The third-order valence-corrected chi connectivity index (χ3v) is 4.80. The topological polar surface area (TPSA) is 12.0 Å². The second kappa shape index (κ2) is 6.66. The summed E-state index contributed by atoms with van der Waals surface area (Å²) in [6, 6.07) is 5.76. The van der Waals surface area contributed by atoms with Crippen LogP contribution in [-0.4, -0.2) is 24.3 Å². The Balaban J connectivity index is 1.99. The SMILES string of the molecule is CSCCCNC1CCSc2c(F)cccc21. The van der Waals surface area contributed by atoms with Crippen LogP contribution in [0, 0.1) is 5.82 Å². The number of hydrogen-bond donors (Lipinski definition) is 1. The quantitative estimate of drug-likeness (QED) is 0.820. The molecule has 1 aliphatic rings. The largest absolute Gasteiger partial charge is 0.310 e. The van der Waals surface area contributed by atoms with Crippen molar-refractivity contribution in [3.8, 4) is 0 Å². The maximum atomic E-state index is 13.6. The van der Waals surface area contributed by atoms with Gasteiger partial charge in [0.05, 0.1) is 0 Å². The predicted octanol–water partition coefficient (Wildman–Crippen LogP) is 3.71. The highest BCUT2D eigenvalue weighted by atomic mass is 32.2. The zero-order valence-electron chi connectivity index (χ0n) is 10.0. The molecule has 1 aliphatic heterocycles. The fourth-order valence-electron chi connectivity index (χ4n) is 2.09. The van der Waals surface area contributed by atoms with E-state index in [2.05, 4.69) is 17.6 Å². The molecule has 2 rings (SSSR count). The summed E-state index contributed by atoms with van der Waals surface area (Å²) in [5.74, 6) is 2.13. The first-order valence-corrected chi connectivity index (χ1v) is 8.34. The summed E-state index contributed by atoms with van der Waals surface area (Å²) in [6.45, 7) is 1.02. The van der Waals surface area contributed by atoms with Crippen molar-refractivity contribution in [3.63, 3.8) is 0 Å². The van der Waals surface area contributed by atoms with Crippen LogP contribution in [0.2, 0.25) is 0 Å². The first-order valence-electron chi connectivity index (χ1n) is 5.96. The van der Waals surface area contributed by atoms with Gasteiger partial charge >= 0.3 is 0 Å². The highest BCUT2D eigenvalue weighted by molar-refractivity contribution is 7.99. The molecule has 1 N–H and O–H groups in total. The molecule has 1 nitrogen and oxygen atoms in total. The average Bonchev–Trinajstić information content (AvgIpc) is 2.36. The predicted molar refractivity (Wildman–Crippen MR) is 75.5 cm³/mol. The van der Waals surface area contributed by atoms with Crippen LogP contribution >= 0.6 is 23.5 Å². The van der Waals surface area contributed by atoms with E-state index in [1.807, 2.05) is 17.8 Å². The lowest BCUT2D eigenvalue weighted by Crippen LogP contribution is -2.26. The lowest BCUT2D eigenvalue weighted by Gasteiger charge is -2.26. The molecule has 0 radical (unpaired) electrons. The van der Waals surface area contributed by atoms with E-state index in [-0.39, 0.29) is 5.82 Å². The molecule has 1 atom stereocenters. The van der Waals surface area contributed by atoms with E-state index < -0.39 is 0 Å². The van der Waals surface area contributed by atoms with Gasteiger partial charge in [-0.05, 0) is 48.8 Å². The van der Waals surface area contributed by atoms with E-state index in [0.29, 0.717) is 6.04 Å². The maximum absolute atomic E-state index is 13.6. The molecule has 17 heavy (non-hydrogen) atoms. The minimum atomic E-state index is -0.0666. The summed E-state index contributed by atoms with van der Waals surface area (Å²) in [4.78, 5) is 0.848. The fourth-order valence-corrected chi connectivity index (χ4v) is 3.66. The first kappa shape index (κ1) is 13.2. The molecular weight excluding hydrogens is 253 g/mol. The molecule has 1 heterocycles. The zero-order chi connectivity index (χ0) is 12.1. The molecule has 1 unspecified atom stereocenters. The minimum absolute atomic E-state index is 0.0666. The summed E-state index contributed by atoms with van der Waals surface area (Å²) in [6.07, 6.45) is 4.40. The van der Waals surface area contributed by atoms with Crippen molar-refractivity contribution >= 4 is 23.5 Å². The highest BCUT2D eigenvalue weighted by Gasteiger charge is 2.22. The molecule has 0 spiro atoms. The maximum Gasteiger partial charge on any atom is 0.137 e. The third-order valence-electron chi connectivity index (χ3n) is 2.94. The summed E-state index contributed by atoms with van der Waals surface area (Å²) < 4.78 is 13.6. The molecular formula is C13H18FNS2. The van der Waals surface area contributed by atoms with Gasteiger partial charge in [-0.25, -0.2) is 4.39 Å². The van der Waals surface area contributed by atoms with E-state index in [9.17, 15) is 4.39 Å². The molecule has 0 aromatic heterocycles. The summed E-state index contributed by atoms with van der Waals surface area (Å²) in [5, 5.41) is 3.55. The van der Waals surface area contributed by atoms with Crippen LogP contribution in [0.5, 0.6) is 0 Å². The van der Waals surface area contributed by atoms with Crippen molar-refractivity contribution < 1.29 is 4.39 Å². The molecule has 94 valence electrons. The zero-order valence-corrected chi connectivity index (χ0v) is 11.7. The van der Waals surface area contributed by atoms with Crippen molar-refractivity contribution in [2.24, 2.45) is 0 Å². The van der Waals surface area contributed by atoms with Gasteiger partial charge in [-0.15, -0.1) is 11.8 Å². The van der Waals surface area contributed by atoms with Crippen LogP contribution in [0.3, 0.4) is 0 Å². The van der Waals surface area contributed by atoms with Gasteiger partial charge in [0.15, 0.2) is 0 Å². The number of thioether (sulfide) groups is 2. The van der Waals surface area contributed by atoms with Gasteiger partial charge < -0.3 is 5.32 Å². The van der Waals surface area contributed by atoms with Crippen LogP contribution in [-0.2, 0) is 0 Å². The van der Waals surface area contributed by atoms with E-state index in [0.717, 1.165) is 29.2 Å². The van der Waals surface area contributed by atoms with E-state index in [4.69, 9.17) is 0 Å². The van der Waals surface area contributed by atoms with Crippen molar-refractivity contribution in [3.05, 3.63) is 29.6 Å². The van der Waals surface area contributed by atoms with Crippen molar-refractivity contribution in [2.45, 2.75) is 23.8 Å². The van der Waals surface area contributed by atoms with Crippen LogP contribution in [0.15, 0.2) is 23.1 Å². The molecule has 4 heteroatoms. The number of halogens is 1. The van der Waals surface area contributed by atoms with Gasteiger partial charge in [-0.2, -0.15) is 11.8 Å². The smallest absolute Gasteiger partial charge is 0.137 e. The Kier molecular flexibility index (Phi) is 5.19. The Labute approximate surface area is 111 Å². The summed E-state index contributed by atoms with van der Waals surface area (Å²) in [5.41, 5.74) is 1.14. The van der Waals surface area contributed by atoms with Crippen molar-refractivity contribution in [1.29, 1.82) is 0 Å². The number of benzene rings is 1. The molecule has 0 amide bonds. The van der Waals surface area contributed by atoms with Gasteiger partial charge in [0.25, 0.3) is 0 Å². The summed E-state index contributed by atoms with van der Waals surface area (Å²) in [7, 11) is 0. The van der Waals surface area contributed by atoms with Gasteiger partial charge in [0.1, 0.15) is 5.82 Å². The van der Waals surface area contributed by atoms with Crippen molar-refractivity contribution in [2.75, 3.05) is 24.3 Å². The van der Waals surface area contributed by atoms with Gasteiger partial charge in [-0.1, -0.05) is 12.1 Å². The Hall–Kier alpha value is -0.190. The lowest BCUT2D eigenvalue weighted by atomic mass is 10.0. The van der Waals surface area contributed by atoms with E-state index >= 15 is 0 Å². The Morgan fingerprint density at radius 1 is 1.53 bits per heavy atom. The van der Waals surface area contributed by atoms with E-state index in [1.54, 1.807) is 17.8 Å². The normalized spacial score (nSPS) is 19.1. The second-order valence-electron chi connectivity index (χ2n) is 4.15. The van der Waals surface area contributed by atoms with Gasteiger partial charge in [-0.3, -0.25) is 0 Å². The first-order chi connectivity index (χ1) is 8.33. The lowest BCUT2D eigenvalue weighted by molar-refractivity contribution is 0.498. The fraction of sp³-hybridized carbons (Fsp3) is 0.538. The standard InChI is InChI=1S/C13H18FNS2/c1-16-8-3-7-15-12-6-9-17-13-10(12)4-2-5-11(13)14/h2,4-5,12,15H,3,6-9H2,1H3. The number of rotatable bonds is 5. The van der Waals surface area contributed by atoms with Crippen LogP contribution in [0.1, 0.15) is 24.4 Å². The minimum Gasteiger partial charge on any atom is -0.310 e. The Morgan fingerprint density at radius 2 is 2.41 bits per heavy atom. The average molecular weight is 271 g/mol. The number of fused-ring (bicyclic) bond motifs is 1. The molecule has 0 saturated carbocycles. The molecule has 0 saturated heterocycles. The molecule has 1 aromatic carbocycles. The Morgan fingerprint density at radius 3 is 3.24 bits per heavy atom. The number of nitrogens with one attached hydrogen (secondary N) is 1. The van der Waals surface area contributed by atoms with Crippen LogP contribution in [0.25, 0.3) is 0 Å². The van der Waals surface area contributed by atoms with Crippen molar-refractivity contribution in [1.82, 2.24) is 5.32 Å². The van der Waals surface area contributed by atoms with Gasteiger partial charge in [0.2, 0.25) is 0 Å². The second-order valence-corrected chi connectivity index (χ2v) is 6.24.